The van der Waals surface area contributed by atoms with Crippen molar-refractivity contribution in [2.75, 3.05) is 37.1 Å². The van der Waals surface area contributed by atoms with E-state index in [1.165, 1.54) is 0 Å². The molecule has 0 spiro atoms. The molecule has 0 heterocycles. The SMILES string of the molecule is CCCCC(C(=O)NNc1c(Cl)c(NCCC[Si](OCC)(OCC)OCC)c(C#N)c(Cl)c1C#N)[C@@H](C)c1cccc2ccccc12. The van der Waals surface area contributed by atoms with Crippen molar-refractivity contribution in [1.82, 2.24) is 5.43 Å². The predicted octanol–water partition coefficient (Wildman–Crippen LogP) is 8.79. The third-order valence-electron chi connectivity index (χ3n) is 8.09. The van der Waals surface area contributed by atoms with Crippen molar-refractivity contribution in [3.63, 3.8) is 0 Å². The van der Waals surface area contributed by atoms with Crippen LogP contribution in [0.1, 0.15) is 82.9 Å². The third kappa shape index (κ3) is 9.39. The zero-order valence-electron chi connectivity index (χ0n) is 27.8. The molecule has 1 amide bonds. The summed E-state index contributed by atoms with van der Waals surface area (Å²) in [6.45, 7) is 11.7. The van der Waals surface area contributed by atoms with Gasteiger partial charge in [-0.1, -0.05) is 92.4 Å². The van der Waals surface area contributed by atoms with Gasteiger partial charge in [-0.3, -0.25) is 15.6 Å². The summed E-state index contributed by atoms with van der Waals surface area (Å²) in [5.74, 6) is -0.699. The van der Waals surface area contributed by atoms with E-state index in [9.17, 15) is 15.3 Å². The summed E-state index contributed by atoms with van der Waals surface area (Å²) in [6.07, 6.45) is 3.07. The van der Waals surface area contributed by atoms with Crippen LogP contribution < -0.4 is 16.2 Å². The van der Waals surface area contributed by atoms with Crippen LogP contribution in [0, 0.1) is 28.6 Å². The molecular weight excluding hydrogens is 653 g/mol. The second-order valence-corrected chi connectivity index (χ2v) is 14.6. The first-order valence-electron chi connectivity index (χ1n) is 16.3. The first-order valence-corrected chi connectivity index (χ1v) is 18.9. The lowest BCUT2D eigenvalue weighted by Crippen LogP contribution is -2.46. The lowest BCUT2D eigenvalue weighted by atomic mass is 9.81. The Balaban J connectivity index is 1.86. The summed E-state index contributed by atoms with van der Waals surface area (Å²) in [4.78, 5) is 13.8. The van der Waals surface area contributed by atoms with Crippen LogP contribution in [0.2, 0.25) is 16.1 Å². The maximum Gasteiger partial charge on any atom is 0.500 e. The number of rotatable bonds is 19. The highest BCUT2D eigenvalue weighted by molar-refractivity contribution is 6.60. The van der Waals surface area contributed by atoms with Gasteiger partial charge in [0.05, 0.1) is 32.5 Å². The Morgan fingerprint density at radius 2 is 1.49 bits per heavy atom. The largest absolute Gasteiger partial charge is 0.500 e. The van der Waals surface area contributed by atoms with Crippen molar-refractivity contribution in [3.05, 3.63) is 69.2 Å². The molecule has 0 saturated heterocycles. The minimum Gasteiger partial charge on any atom is -0.383 e. The second kappa shape index (κ2) is 18.8. The van der Waals surface area contributed by atoms with E-state index >= 15 is 0 Å². The Hall–Kier alpha value is -3.35. The van der Waals surface area contributed by atoms with Gasteiger partial charge >= 0.3 is 8.80 Å². The number of hydrazine groups is 1. The van der Waals surface area contributed by atoms with Crippen LogP contribution in [0.3, 0.4) is 0 Å². The zero-order chi connectivity index (χ0) is 34.4. The van der Waals surface area contributed by atoms with E-state index in [-0.39, 0.29) is 50.3 Å². The molecule has 0 aliphatic rings. The fourth-order valence-corrected chi connectivity index (χ4v) is 9.00. The molecule has 3 aromatic carbocycles. The molecule has 0 bridgehead atoms. The highest BCUT2D eigenvalue weighted by Crippen LogP contribution is 2.42. The monoisotopic (exact) mass is 697 g/mol. The number of hydrogen-bond donors (Lipinski definition) is 3. The molecule has 3 aromatic rings. The summed E-state index contributed by atoms with van der Waals surface area (Å²) in [7, 11) is -2.87. The molecule has 0 saturated carbocycles. The van der Waals surface area contributed by atoms with Crippen LogP contribution in [0.5, 0.6) is 0 Å². The summed E-state index contributed by atoms with van der Waals surface area (Å²) >= 11 is 13.4. The highest BCUT2D eigenvalue weighted by Gasteiger charge is 2.39. The molecule has 252 valence electrons. The van der Waals surface area contributed by atoms with Crippen molar-refractivity contribution < 1.29 is 18.1 Å². The molecule has 0 aliphatic carbocycles. The van der Waals surface area contributed by atoms with Gasteiger partial charge in [0.25, 0.3) is 0 Å². The van der Waals surface area contributed by atoms with E-state index in [1.54, 1.807) is 0 Å². The van der Waals surface area contributed by atoms with Gasteiger partial charge in [-0.2, -0.15) is 10.5 Å². The van der Waals surface area contributed by atoms with Crippen LogP contribution in [0.25, 0.3) is 10.8 Å². The van der Waals surface area contributed by atoms with Gasteiger partial charge in [-0.25, -0.2) is 0 Å². The van der Waals surface area contributed by atoms with Crippen molar-refractivity contribution >= 4 is 60.1 Å². The Kier molecular flexibility index (Phi) is 15.3. The predicted molar refractivity (Wildman–Crippen MR) is 192 cm³/mol. The molecule has 0 fully saturated rings. The van der Waals surface area contributed by atoms with Crippen LogP contribution in [-0.4, -0.2) is 41.1 Å². The van der Waals surface area contributed by atoms with Gasteiger partial charge < -0.3 is 18.6 Å². The summed E-state index contributed by atoms with van der Waals surface area (Å²) < 4.78 is 17.8. The van der Waals surface area contributed by atoms with Gasteiger partial charge in [0, 0.05) is 38.3 Å². The van der Waals surface area contributed by atoms with Crippen molar-refractivity contribution in [2.45, 2.75) is 72.3 Å². The smallest absolute Gasteiger partial charge is 0.383 e. The Morgan fingerprint density at radius 1 is 0.872 bits per heavy atom. The molecule has 12 heteroatoms. The Morgan fingerprint density at radius 3 is 2.11 bits per heavy atom. The maximum absolute atomic E-state index is 13.8. The highest BCUT2D eigenvalue weighted by atomic mass is 35.5. The molecule has 2 atom stereocenters. The zero-order valence-corrected chi connectivity index (χ0v) is 30.4. The molecule has 0 radical (unpaired) electrons. The number of carbonyl (C=O) groups is 1. The fourth-order valence-electron chi connectivity index (χ4n) is 5.82. The van der Waals surface area contributed by atoms with Gasteiger partial charge in [0.2, 0.25) is 5.91 Å². The van der Waals surface area contributed by atoms with Crippen molar-refractivity contribution in [2.24, 2.45) is 5.92 Å². The number of anilines is 2. The summed E-state index contributed by atoms with van der Waals surface area (Å²) in [5, 5.41) is 25.4. The van der Waals surface area contributed by atoms with Crippen LogP contribution in [0.4, 0.5) is 11.4 Å². The normalized spacial score (nSPS) is 12.6. The molecule has 0 aromatic heterocycles. The lowest BCUT2D eigenvalue weighted by molar-refractivity contribution is -0.125. The number of unbranched alkanes of at least 4 members (excludes halogenated alkanes) is 1. The van der Waals surface area contributed by atoms with Gasteiger partial charge in [0.15, 0.2) is 0 Å². The molecule has 3 rings (SSSR count). The number of amides is 1. The van der Waals surface area contributed by atoms with E-state index < -0.39 is 8.80 Å². The average molecular weight is 699 g/mol. The van der Waals surface area contributed by atoms with E-state index in [1.807, 2.05) is 45.0 Å². The number of nitrogens with zero attached hydrogens (tertiary/aromatic N) is 2. The average Bonchev–Trinajstić information content (AvgIpc) is 3.07. The number of halogens is 2. The molecule has 9 nitrogen and oxygen atoms in total. The quantitative estimate of drug-likeness (QED) is 0.0644. The fraction of sp³-hybridized carbons (Fsp3) is 0.457. The minimum atomic E-state index is -2.87. The van der Waals surface area contributed by atoms with Gasteiger partial charge in [-0.15, -0.1) is 0 Å². The second-order valence-electron chi connectivity index (χ2n) is 11.1. The standard InChI is InChI=1S/C35H45Cl2N5O4Si/c1-6-10-17-27(24(5)26-19-13-16-25-15-11-12-18-28(25)26)35(43)42-41-34-30(23-39)31(36)29(22-38)33(32(34)37)40-20-14-21-47(44-7-2,45-8-3)46-9-4/h11-13,15-16,18-19,24,27,40-41H,6-10,14,17,20-21H2,1-5H3,(H,42,43)/t24-,27?/m0/s1. The molecule has 47 heavy (non-hydrogen) atoms. The van der Waals surface area contributed by atoms with Crippen molar-refractivity contribution in [3.8, 4) is 12.1 Å². The van der Waals surface area contributed by atoms with Gasteiger partial charge in [-0.05, 0) is 55.9 Å². The van der Waals surface area contributed by atoms with Crippen LogP contribution >= 0.6 is 23.2 Å². The summed E-state index contributed by atoms with van der Waals surface area (Å²) in [5.41, 5.74) is 7.16. The number of benzene rings is 3. The van der Waals surface area contributed by atoms with E-state index in [0.717, 1.165) is 29.2 Å². The van der Waals surface area contributed by atoms with E-state index in [2.05, 4.69) is 60.4 Å². The minimum absolute atomic E-state index is 0.0401. The molecule has 1 unspecified atom stereocenters. The number of hydrogen-bond acceptors (Lipinski definition) is 8. The number of nitrogens with one attached hydrogen (secondary N) is 3. The molecule has 0 aliphatic heterocycles. The molecular formula is C35H45Cl2N5O4Si. The van der Waals surface area contributed by atoms with Crippen molar-refractivity contribution in [1.29, 1.82) is 10.5 Å². The Bertz CT molecular complexity index is 1570. The third-order valence-corrected chi connectivity index (χ3v) is 12.0. The van der Waals surface area contributed by atoms with E-state index in [0.29, 0.717) is 45.3 Å². The van der Waals surface area contributed by atoms with Crippen LogP contribution in [-0.2, 0) is 18.1 Å². The lowest BCUT2D eigenvalue weighted by Gasteiger charge is -2.28. The Labute approximate surface area is 289 Å². The summed E-state index contributed by atoms with van der Waals surface area (Å²) in [6, 6.07) is 18.9. The first-order chi connectivity index (χ1) is 22.7. The molecule has 3 N–H and O–H groups in total. The number of fused-ring (bicyclic) bond motifs is 1. The number of nitriles is 2. The van der Waals surface area contributed by atoms with Crippen LogP contribution in [0.15, 0.2) is 42.5 Å². The van der Waals surface area contributed by atoms with Gasteiger partial charge in [0.1, 0.15) is 12.1 Å². The topological polar surface area (TPSA) is 128 Å². The maximum atomic E-state index is 13.8. The number of carbonyl (C=O) groups excluding carboxylic acids is 1. The first kappa shape index (κ1) is 38.1. The van der Waals surface area contributed by atoms with E-state index in [4.69, 9.17) is 36.5 Å².